The zero-order valence-electron chi connectivity index (χ0n) is 17.4. The summed E-state index contributed by atoms with van der Waals surface area (Å²) >= 11 is 0. The molecule has 2 aliphatic carbocycles. The Kier molecular flexibility index (Phi) is 4.24. The Balaban J connectivity index is 1.47. The number of benzene rings is 2. The average molecular weight is 442 g/mol. The van der Waals surface area contributed by atoms with E-state index in [1.165, 1.54) is 12.1 Å². The molecule has 0 N–H and O–H groups in total. The summed E-state index contributed by atoms with van der Waals surface area (Å²) in [6.45, 7) is 4.11. The largest absolute Gasteiger partial charge is 0.299 e. The number of ketones is 1. The highest BCUT2D eigenvalue weighted by Gasteiger charge is 2.61. The molecule has 2 unspecified atom stereocenters. The molecule has 162 valence electrons. The molecular weight excluding hydrogens is 418 g/mol. The molecule has 5 rings (SSSR count). The number of nitrogens with zero attached hydrogens (tertiary/aromatic N) is 1. The van der Waals surface area contributed by atoms with E-state index in [1.807, 2.05) is 0 Å². The minimum atomic E-state index is -4.38. The van der Waals surface area contributed by atoms with Crippen molar-refractivity contribution in [2.75, 3.05) is 5.75 Å². The van der Waals surface area contributed by atoms with Gasteiger partial charge in [-0.3, -0.25) is 14.4 Å². The molecule has 0 radical (unpaired) electrons. The van der Waals surface area contributed by atoms with Gasteiger partial charge in [0.05, 0.1) is 16.9 Å². The van der Waals surface area contributed by atoms with Gasteiger partial charge < -0.3 is 0 Å². The highest BCUT2D eigenvalue weighted by Crippen LogP contribution is 2.61. The molecule has 2 amide bonds. The Morgan fingerprint density at radius 2 is 1.61 bits per heavy atom. The number of Topliss-reactive ketones (excluding diaryl/α,β-unsaturated/α-hetero) is 1. The number of imide groups is 1. The monoisotopic (exact) mass is 441 g/mol. The molecule has 2 saturated carbocycles. The number of hydroxylamine groups is 2. The molecule has 0 saturated heterocycles. The molecule has 1 aliphatic heterocycles. The Morgan fingerprint density at radius 3 is 2.16 bits per heavy atom. The fourth-order valence-electron chi connectivity index (χ4n) is 5.75. The van der Waals surface area contributed by atoms with Gasteiger partial charge in [-0.05, 0) is 48.1 Å². The molecule has 8 heteroatoms. The van der Waals surface area contributed by atoms with Gasteiger partial charge in [0.25, 0.3) is 21.9 Å². The Morgan fingerprint density at radius 1 is 1.00 bits per heavy atom. The quantitative estimate of drug-likeness (QED) is 0.674. The first-order valence-corrected chi connectivity index (χ1v) is 12.0. The third-order valence-electron chi connectivity index (χ3n) is 7.40. The topological polar surface area (TPSA) is 97.8 Å². The normalized spacial score (nSPS) is 27.2. The van der Waals surface area contributed by atoms with Crippen LogP contribution in [-0.2, 0) is 19.2 Å². The predicted octanol–water partition coefficient (Wildman–Crippen LogP) is 3.48. The van der Waals surface area contributed by atoms with Gasteiger partial charge in [0.2, 0.25) is 0 Å². The lowest BCUT2D eigenvalue weighted by atomic mass is 9.46. The molecule has 3 aliphatic rings. The predicted molar refractivity (Wildman–Crippen MR) is 112 cm³/mol. The molecule has 0 spiro atoms. The second-order valence-electron chi connectivity index (χ2n) is 9.55. The summed E-state index contributed by atoms with van der Waals surface area (Å²) in [6.07, 6.45) is 2.32. The summed E-state index contributed by atoms with van der Waals surface area (Å²) in [4.78, 5) is 38.7. The molecular formula is C23H23NO6S. The van der Waals surface area contributed by atoms with Crippen LogP contribution in [0, 0.1) is 16.7 Å². The van der Waals surface area contributed by atoms with Crippen LogP contribution in [0.15, 0.2) is 36.4 Å². The first kappa shape index (κ1) is 20.3. The van der Waals surface area contributed by atoms with Crippen LogP contribution in [0.3, 0.4) is 0 Å². The van der Waals surface area contributed by atoms with Crippen molar-refractivity contribution in [3.63, 3.8) is 0 Å². The number of fused-ring (bicyclic) bond motifs is 1. The SMILES string of the molecule is CC1(C)CCC(=O)C2(CS(=O)(=O)ON3C(=O)c4cccc5cccc(c45)C3=O)CCC12. The molecule has 2 aromatic carbocycles. The second kappa shape index (κ2) is 6.46. The van der Waals surface area contributed by atoms with E-state index in [0.29, 0.717) is 28.7 Å². The lowest BCUT2D eigenvalue weighted by Gasteiger charge is -2.58. The Labute approximate surface area is 180 Å². The van der Waals surface area contributed by atoms with E-state index in [9.17, 15) is 22.8 Å². The van der Waals surface area contributed by atoms with Crippen molar-refractivity contribution in [1.29, 1.82) is 0 Å². The number of rotatable bonds is 4. The van der Waals surface area contributed by atoms with Gasteiger partial charge in [0, 0.05) is 17.2 Å². The average Bonchev–Trinajstić information content (AvgIpc) is 2.69. The van der Waals surface area contributed by atoms with E-state index in [1.54, 1.807) is 24.3 Å². The van der Waals surface area contributed by atoms with Crippen LogP contribution in [-0.4, -0.2) is 36.8 Å². The van der Waals surface area contributed by atoms with E-state index in [-0.39, 0.29) is 28.2 Å². The standard InChI is InChI=1S/C23H23NO6S/c1-22(2)11-10-18(25)23(12-9-17(22)23)13-31(28,29)30-24-20(26)15-7-3-5-14-6-4-8-16(19(14)15)21(24)27/h3-8,17H,9-13H2,1-2H3. The van der Waals surface area contributed by atoms with Crippen LogP contribution in [0.5, 0.6) is 0 Å². The summed E-state index contributed by atoms with van der Waals surface area (Å²) in [5.74, 6) is -2.29. The lowest BCUT2D eigenvalue weighted by molar-refractivity contribution is -0.154. The summed E-state index contributed by atoms with van der Waals surface area (Å²) < 4.78 is 31.2. The number of carbonyl (C=O) groups is 3. The third-order valence-corrected chi connectivity index (χ3v) is 8.64. The summed E-state index contributed by atoms with van der Waals surface area (Å²) in [6, 6.07) is 9.98. The first-order chi connectivity index (χ1) is 14.6. The van der Waals surface area contributed by atoms with Crippen molar-refractivity contribution >= 4 is 38.5 Å². The highest BCUT2D eigenvalue weighted by atomic mass is 32.2. The number of hydrogen-bond acceptors (Lipinski definition) is 6. The Bertz CT molecular complexity index is 1210. The second-order valence-corrected chi connectivity index (χ2v) is 11.1. The highest BCUT2D eigenvalue weighted by molar-refractivity contribution is 7.86. The summed E-state index contributed by atoms with van der Waals surface area (Å²) in [5.41, 5.74) is -0.733. The van der Waals surface area contributed by atoms with E-state index in [4.69, 9.17) is 4.28 Å². The van der Waals surface area contributed by atoms with Gasteiger partial charge in [-0.25, -0.2) is 0 Å². The van der Waals surface area contributed by atoms with Crippen LogP contribution in [0.2, 0.25) is 0 Å². The minimum Gasteiger partial charge on any atom is -0.299 e. The number of amides is 2. The fraction of sp³-hybridized carbons (Fsp3) is 0.435. The van der Waals surface area contributed by atoms with Gasteiger partial charge in [-0.1, -0.05) is 38.1 Å². The molecule has 1 heterocycles. The Hall–Kier alpha value is -2.58. The molecule has 2 atom stereocenters. The number of hydrogen-bond donors (Lipinski definition) is 0. The van der Waals surface area contributed by atoms with Crippen LogP contribution < -0.4 is 0 Å². The van der Waals surface area contributed by atoms with Crippen molar-refractivity contribution in [2.24, 2.45) is 16.7 Å². The number of carbonyl (C=O) groups excluding carboxylic acids is 3. The van der Waals surface area contributed by atoms with Gasteiger partial charge in [-0.2, -0.15) is 8.42 Å². The van der Waals surface area contributed by atoms with Crippen molar-refractivity contribution in [3.8, 4) is 0 Å². The first-order valence-electron chi connectivity index (χ1n) is 10.4. The third kappa shape index (κ3) is 2.88. The summed E-state index contributed by atoms with van der Waals surface area (Å²) in [7, 11) is -4.38. The van der Waals surface area contributed by atoms with Crippen LogP contribution in [0.4, 0.5) is 0 Å². The molecule has 0 aromatic heterocycles. The van der Waals surface area contributed by atoms with Crippen LogP contribution in [0.1, 0.15) is 60.2 Å². The molecule has 31 heavy (non-hydrogen) atoms. The van der Waals surface area contributed by atoms with E-state index < -0.39 is 33.1 Å². The van der Waals surface area contributed by atoms with Gasteiger partial charge >= 0.3 is 0 Å². The smallest absolute Gasteiger partial charge is 0.289 e. The van der Waals surface area contributed by atoms with E-state index in [2.05, 4.69) is 13.8 Å². The van der Waals surface area contributed by atoms with E-state index >= 15 is 0 Å². The molecule has 0 bridgehead atoms. The lowest BCUT2D eigenvalue weighted by Crippen LogP contribution is -2.59. The van der Waals surface area contributed by atoms with Crippen LogP contribution in [0.25, 0.3) is 10.8 Å². The van der Waals surface area contributed by atoms with Gasteiger partial charge in [-0.15, -0.1) is 9.35 Å². The maximum absolute atomic E-state index is 13.0. The summed E-state index contributed by atoms with van der Waals surface area (Å²) in [5, 5.41) is 1.53. The van der Waals surface area contributed by atoms with Gasteiger partial charge in [0.1, 0.15) is 5.78 Å². The molecule has 7 nitrogen and oxygen atoms in total. The molecule has 2 fully saturated rings. The minimum absolute atomic E-state index is 0.0538. The van der Waals surface area contributed by atoms with Crippen molar-refractivity contribution in [1.82, 2.24) is 5.06 Å². The van der Waals surface area contributed by atoms with Crippen molar-refractivity contribution in [3.05, 3.63) is 47.5 Å². The fourth-order valence-corrected chi connectivity index (χ4v) is 7.31. The van der Waals surface area contributed by atoms with Crippen LogP contribution >= 0.6 is 0 Å². The maximum Gasteiger partial charge on any atom is 0.289 e. The van der Waals surface area contributed by atoms with E-state index in [0.717, 1.165) is 12.8 Å². The molecule has 2 aromatic rings. The van der Waals surface area contributed by atoms with Crippen molar-refractivity contribution < 1.29 is 27.1 Å². The zero-order valence-corrected chi connectivity index (χ0v) is 18.2. The zero-order chi connectivity index (χ0) is 22.2. The van der Waals surface area contributed by atoms with Gasteiger partial charge in [0.15, 0.2) is 0 Å². The maximum atomic E-state index is 13.0. The van der Waals surface area contributed by atoms with Crippen molar-refractivity contribution in [2.45, 2.75) is 39.5 Å².